The van der Waals surface area contributed by atoms with Gasteiger partial charge in [-0.2, -0.15) is 0 Å². The smallest absolute Gasteiger partial charge is 0.150 e. The molecule has 5 rings (SSSR count). The lowest BCUT2D eigenvalue weighted by atomic mass is 9.98. The third-order valence-corrected chi connectivity index (χ3v) is 5.28. The molecular weight excluding hydrogens is 394 g/mol. The van der Waals surface area contributed by atoms with Crippen LogP contribution >= 0.6 is 0 Å². The molecule has 4 nitrogen and oxygen atoms in total. The van der Waals surface area contributed by atoms with Crippen LogP contribution in [0, 0.1) is 0 Å². The normalized spacial score (nSPS) is 10.6. The Morgan fingerprint density at radius 2 is 0.969 bits per heavy atom. The lowest BCUT2D eigenvalue weighted by molar-refractivity contribution is 0.112. The summed E-state index contributed by atoms with van der Waals surface area (Å²) in [4.78, 5) is 24.7. The molecule has 4 heteroatoms. The minimum Gasteiger partial charge on any atom is -0.298 e. The van der Waals surface area contributed by atoms with Crippen molar-refractivity contribution in [2.45, 2.75) is 0 Å². The van der Waals surface area contributed by atoms with Crippen molar-refractivity contribution in [3.63, 3.8) is 0 Å². The van der Waals surface area contributed by atoms with E-state index in [1.165, 1.54) is 0 Å². The van der Waals surface area contributed by atoms with Crippen LogP contribution in [-0.4, -0.2) is 21.2 Å². The molecule has 3 aromatic heterocycles. The number of nitrogens with zero attached hydrogens (tertiary/aromatic N) is 3. The summed E-state index contributed by atoms with van der Waals surface area (Å²) in [5.41, 5.74) is 8.20. The van der Waals surface area contributed by atoms with E-state index in [1.807, 2.05) is 60.7 Å². The fourth-order valence-electron chi connectivity index (χ4n) is 3.60. The number of carbonyl (C=O) groups excluding carboxylic acids is 1. The Labute approximate surface area is 186 Å². The second-order valence-corrected chi connectivity index (χ2v) is 7.37. The first kappa shape index (κ1) is 19.5. The van der Waals surface area contributed by atoms with Gasteiger partial charge < -0.3 is 0 Å². The third-order valence-electron chi connectivity index (χ3n) is 5.28. The second kappa shape index (κ2) is 8.74. The van der Waals surface area contributed by atoms with Gasteiger partial charge >= 0.3 is 0 Å². The molecule has 3 heterocycles. The Hall–Kier alpha value is -4.44. The zero-order valence-electron chi connectivity index (χ0n) is 17.2. The van der Waals surface area contributed by atoms with Crippen LogP contribution in [0.15, 0.2) is 109 Å². The van der Waals surface area contributed by atoms with Crippen molar-refractivity contribution in [1.29, 1.82) is 0 Å². The molecule has 0 atom stereocenters. The minimum atomic E-state index is 0.672. The highest BCUT2D eigenvalue weighted by Gasteiger charge is 2.10. The molecule has 0 fully saturated rings. The first-order valence-corrected chi connectivity index (χ1v) is 10.3. The number of hydrogen-bond donors (Lipinski definition) is 0. The van der Waals surface area contributed by atoms with Crippen molar-refractivity contribution in [3.05, 3.63) is 115 Å². The van der Waals surface area contributed by atoms with Crippen molar-refractivity contribution >= 4 is 6.29 Å². The van der Waals surface area contributed by atoms with Crippen LogP contribution in [0.1, 0.15) is 10.4 Å². The molecule has 152 valence electrons. The molecule has 0 saturated heterocycles. The summed E-state index contributed by atoms with van der Waals surface area (Å²) in [5.74, 6) is 0. The maximum absolute atomic E-state index is 10.9. The Kier molecular flexibility index (Phi) is 5.33. The summed E-state index contributed by atoms with van der Waals surface area (Å²) in [7, 11) is 0. The van der Waals surface area contributed by atoms with Gasteiger partial charge in [-0.15, -0.1) is 0 Å². The highest BCUT2D eigenvalue weighted by molar-refractivity contribution is 5.79. The predicted molar refractivity (Wildman–Crippen MR) is 127 cm³/mol. The fraction of sp³-hybridized carbons (Fsp3) is 0. The second-order valence-electron chi connectivity index (χ2n) is 7.37. The SMILES string of the molecule is O=Cc1ccc(-c2ccc(-c3cc(-c4ccccn4)nc(-c4ccccn4)c3)cc2)cc1. The number of rotatable bonds is 5. The zero-order chi connectivity index (χ0) is 21.8. The average molecular weight is 413 g/mol. The number of pyridine rings is 3. The van der Waals surface area contributed by atoms with Gasteiger partial charge in [0.2, 0.25) is 0 Å². The summed E-state index contributed by atoms with van der Waals surface area (Å²) in [6, 6.07) is 31.7. The first-order valence-electron chi connectivity index (χ1n) is 10.3. The van der Waals surface area contributed by atoms with E-state index < -0.39 is 0 Å². The maximum Gasteiger partial charge on any atom is 0.150 e. The van der Waals surface area contributed by atoms with Gasteiger partial charge in [-0.1, -0.05) is 60.7 Å². The molecule has 0 aliphatic carbocycles. The standard InChI is InChI=1S/C28H19N3O/c32-19-20-7-9-21(10-8-20)22-11-13-23(14-12-22)24-17-27(25-5-1-3-15-29-25)31-28(18-24)26-6-2-4-16-30-26/h1-19H. The zero-order valence-corrected chi connectivity index (χ0v) is 17.2. The monoisotopic (exact) mass is 413 g/mol. The number of benzene rings is 2. The summed E-state index contributed by atoms with van der Waals surface area (Å²) in [6.07, 6.45) is 4.40. The van der Waals surface area contributed by atoms with E-state index in [4.69, 9.17) is 4.98 Å². The van der Waals surface area contributed by atoms with E-state index in [2.05, 4.69) is 46.4 Å². The van der Waals surface area contributed by atoms with E-state index in [9.17, 15) is 4.79 Å². The van der Waals surface area contributed by atoms with E-state index in [0.29, 0.717) is 5.56 Å². The van der Waals surface area contributed by atoms with E-state index in [-0.39, 0.29) is 0 Å². The van der Waals surface area contributed by atoms with Crippen molar-refractivity contribution in [2.75, 3.05) is 0 Å². The first-order chi connectivity index (χ1) is 15.8. The summed E-state index contributed by atoms with van der Waals surface area (Å²) in [5, 5.41) is 0. The molecule has 0 amide bonds. The molecule has 0 saturated carbocycles. The van der Waals surface area contributed by atoms with Gasteiger partial charge in [-0.05, 0) is 58.7 Å². The Bertz CT molecular complexity index is 1290. The molecule has 32 heavy (non-hydrogen) atoms. The highest BCUT2D eigenvalue weighted by Crippen LogP contribution is 2.30. The highest BCUT2D eigenvalue weighted by atomic mass is 16.1. The third kappa shape index (κ3) is 4.07. The molecule has 0 spiro atoms. The van der Waals surface area contributed by atoms with Crippen LogP contribution in [-0.2, 0) is 0 Å². The van der Waals surface area contributed by atoms with Crippen molar-refractivity contribution in [2.24, 2.45) is 0 Å². The van der Waals surface area contributed by atoms with Crippen LogP contribution < -0.4 is 0 Å². The van der Waals surface area contributed by atoms with Crippen LogP contribution in [0.25, 0.3) is 45.0 Å². The van der Waals surface area contributed by atoms with Crippen LogP contribution in [0.3, 0.4) is 0 Å². The topological polar surface area (TPSA) is 55.7 Å². The summed E-state index contributed by atoms with van der Waals surface area (Å²) < 4.78 is 0. The number of carbonyl (C=O) groups is 1. The van der Waals surface area contributed by atoms with Crippen molar-refractivity contribution in [1.82, 2.24) is 15.0 Å². The van der Waals surface area contributed by atoms with Crippen molar-refractivity contribution < 1.29 is 4.79 Å². The van der Waals surface area contributed by atoms with Gasteiger partial charge in [0.05, 0.1) is 22.8 Å². The van der Waals surface area contributed by atoms with Gasteiger partial charge in [0.1, 0.15) is 6.29 Å². The van der Waals surface area contributed by atoms with Gasteiger partial charge in [-0.3, -0.25) is 14.8 Å². The predicted octanol–water partition coefficient (Wildman–Crippen LogP) is 6.35. The average Bonchev–Trinajstić information content (AvgIpc) is 2.89. The van der Waals surface area contributed by atoms with Gasteiger partial charge in [0.25, 0.3) is 0 Å². The Morgan fingerprint density at radius 1 is 0.500 bits per heavy atom. The summed E-state index contributed by atoms with van der Waals surface area (Å²) in [6.45, 7) is 0. The van der Waals surface area contributed by atoms with E-state index in [1.54, 1.807) is 12.4 Å². The molecule has 0 bridgehead atoms. The van der Waals surface area contributed by atoms with Crippen LogP contribution in [0.4, 0.5) is 0 Å². The largest absolute Gasteiger partial charge is 0.298 e. The lowest BCUT2D eigenvalue weighted by Gasteiger charge is -2.10. The molecule has 5 aromatic rings. The molecule has 0 N–H and O–H groups in total. The summed E-state index contributed by atoms with van der Waals surface area (Å²) >= 11 is 0. The maximum atomic E-state index is 10.9. The van der Waals surface area contributed by atoms with E-state index >= 15 is 0 Å². The van der Waals surface area contributed by atoms with Gasteiger partial charge in [0, 0.05) is 18.0 Å². The fourth-order valence-corrected chi connectivity index (χ4v) is 3.60. The number of aldehydes is 1. The quantitative estimate of drug-likeness (QED) is 0.315. The molecule has 0 unspecified atom stereocenters. The Balaban J connectivity index is 1.56. The van der Waals surface area contributed by atoms with Crippen LogP contribution in [0.5, 0.6) is 0 Å². The minimum absolute atomic E-state index is 0.672. The van der Waals surface area contributed by atoms with E-state index in [0.717, 1.165) is 51.3 Å². The molecule has 0 aliphatic heterocycles. The molecular formula is C28H19N3O. The van der Waals surface area contributed by atoms with Gasteiger partial charge in [-0.25, -0.2) is 4.98 Å². The van der Waals surface area contributed by atoms with Crippen LogP contribution in [0.2, 0.25) is 0 Å². The molecule has 2 aromatic carbocycles. The van der Waals surface area contributed by atoms with Gasteiger partial charge in [0.15, 0.2) is 0 Å². The lowest BCUT2D eigenvalue weighted by Crippen LogP contribution is -1.93. The molecule has 0 aliphatic rings. The number of aromatic nitrogens is 3. The molecule has 0 radical (unpaired) electrons. The van der Waals surface area contributed by atoms with Crippen molar-refractivity contribution in [3.8, 4) is 45.0 Å². The number of hydrogen-bond acceptors (Lipinski definition) is 4. The Morgan fingerprint density at radius 3 is 1.41 bits per heavy atom.